The first-order valence-corrected chi connectivity index (χ1v) is 13.0. The SMILES string of the molecule is C#CCN1C(=O)C(NC(C)=O)[C@@H](OCc2ccccc2)[C@@H](OCc2ccccc2)C1COCc1ccccc1. The number of benzene rings is 3. The maximum atomic E-state index is 13.8. The number of likely N-dealkylation sites (tertiary alicyclic amines) is 1. The van der Waals surface area contributed by atoms with Gasteiger partial charge in [-0.05, 0) is 16.7 Å². The quantitative estimate of drug-likeness (QED) is 0.364. The molecule has 7 heteroatoms. The fourth-order valence-corrected chi connectivity index (χ4v) is 4.71. The van der Waals surface area contributed by atoms with Crippen LogP contribution in [0, 0.1) is 12.3 Å². The highest BCUT2D eigenvalue weighted by molar-refractivity contribution is 5.89. The van der Waals surface area contributed by atoms with E-state index < -0.39 is 24.3 Å². The molecule has 0 bridgehead atoms. The van der Waals surface area contributed by atoms with Gasteiger partial charge >= 0.3 is 0 Å². The normalized spacial score (nSPS) is 20.8. The van der Waals surface area contributed by atoms with E-state index in [-0.39, 0.29) is 38.2 Å². The third-order valence-electron chi connectivity index (χ3n) is 6.57. The summed E-state index contributed by atoms with van der Waals surface area (Å²) in [6.45, 7) is 2.50. The fourth-order valence-electron chi connectivity index (χ4n) is 4.71. The Balaban J connectivity index is 1.64. The van der Waals surface area contributed by atoms with Crippen LogP contribution in [0.2, 0.25) is 0 Å². The number of nitrogens with one attached hydrogen (secondary N) is 1. The summed E-state index contributed by atoms with van der Waals surface area (Å²) in [5.74, 6) is 1.92. The summed E-state index contributed by atoms with van der Waals surface area (Å²) in [4.78, 5) is 27.5. The minimum absolute atomic E-state index is 0.0465. The summed E-state index contributed by atoms with van der Waals surface area (Å²) in [6.07, 6.45) is 4.28. The van der Waals surface area contributed by atoms with Gasteiger partial charge in [-0.15, -0.1) is 6.42 Å². The van der Waals surface area contributed by atoms with Gasteiger partial charge in [0, 0.05) is 6.92 Å². The van der Waals surface area contributed by atoms with Gasteiger partial charge in [0.15, 0.2) is 0 Å². The lowest BCUT2D eigenvalue weighted by atomic mass is 9.90. The van der Waals surface area contributed by atoms with Gasteiger partial charge in [0.05, 0.1) is 39.0 Å². The Morgan fingerprint density at radius 1 is 0.821 bits per heavy atom. The van der Waals surface area contributed by atoms with Gasteiger partial charge in [0.25, 0.3) is 0 Å². The molecule has 0 aromatic heterocycles. The molecular weight excluding hydrogens is 492 g/mol. The van der Waals surface area contributed by atoms with Crippen LogP contribution in [0.15, 0.2) is 91.0 Å². The second kappa shape index (κ2) is 14.3. The van der Waals surface area contributed by atoms with Crippen LogP contribution in [-0.2, 0) is 43.6 Å². The Bertz CT molecular complexity index is 1230. The van der Waals surface area contributed by atoms with E-state index in [1.807, 2.05) is 91.0 Å². The number of hydrogen-bond acceptors (Lipinski definition) is 5. The third-order valence-corrected chi connectivity index (χ3v) is 6.57. The largest absolute Gasteiger partial charge is 0.375 e. The van der Waals surface area contributed by atoms with Crippen LogP contribution < -0.4 is 5.32 Å². The minimum Gasteiger partial charge on any atom is -0.375 e. The van der Waals surface area contributed by atoms with Crippen molar-refractivity contribution in [2.75, 3.05) is 13.2 Å². The molecule has 2 amide bonds. The Kier molecular flexibility index (Phi) is 10.3. The molecule has 1 N–H and O–H groups in total. The number of carbonyl (C=O) groups is 2. The predicted molar refractivity (Wildman–Crippen MR) is 148 cm³/mol. The molecule has 1 heterocycles. The first-order chi connectivity index (χ1) is 19.1. The zero-order valence-electron chi connectivity index (χ0n) is 22.1. The van der Waals surface area contributed by atoms with Crippen LogP contribution in [0.3, 0.4) is 0 Å². The maximum Gasteiger partial charge on any atom is 0.249 e. The highest BCUT2D eigenvalue weighted by Gasteiger charge is 2.50. The molecule has 0 aliphatic carbocycles. The lowest BCUT2D eigenvalue weighted by Crippen LogP contribution is -2.70. The summed E-state index contributed by atoms with van der Waals surface area (Å²) < 4.78 is 19.0. The van der Waals surface area contributed by atoms with Crippen molar-refractivity contribution in [1.82, 2.24) is 10.2 Å². The van der Waals surface area contributed by atoms with Crippen LogP contribution >= 0.6 is 0 Å². The number of amides is 2. The highest BCUT2D eigenvalue weighted by atomic mass is 16.5. The van der Waals surface area contributed by atoms with Crippen molar-refractivity contribution >= 4 is 11.8 Å². The van der Waals surface area contributed by atoms with Crippen molar-refractivity contribution in [1.29, 1.82) is 0 Å². The summed E-state index contributed by atoms with van der Waals surface area (Å²) >= 11 is 0. The summed E-state index contributed by atoms with van der Waals surface area (Å²) in [6, 6.07) is 27.7. The van der Waals surface area contributed by atoms with E-state index in [9.17, 15) is 9.59 Å². The number of nitrogens with zero attached hydrogens (tertiary/aromatic N) is 1. The molecule has 4 atom stereocenters. The molecule has 3 aromatic rings. The Morgan fingerprint density at radius 2 is 1.31 bits per heavy atom. The van der Waals surface area contributed by atoms with Crippen LogP contribution in [0.4, 0.5) is 0 Å². The van der Waals surface area contributed by atoms with Crippen molar-refractivity contribution in [2.45, 2.75) is 51.0 Å². The van der Waals surface area contributed by atoms with Gasteiger partial charge in [0.2, 0.25) is 11.8 Å². The average Bonchev–Trinajstić information content (AvgIpc) is 2.96. The molecule has 0 spiro atoms. The molecule has 0 radical (unpaired) electrons. The number of piperidine rings is 1. The zero-order valence-corrected chi connectivity index (χ0v) is 22.1. The fraction of sp³-hybridized carbons (Fsp3) is 0.312. The molecular formula is C32H34N2O5. The summed E-state index contributed by atoms with van der Waals surface area (Å²) in [5, 5.41) is 2.79. The Morgan fingerprint density at radius 3 is 1.79 bits per heavy atom. The standard InChI is InChI=1S/C32H34N2O5/c1-3-19-34-28(23-37-20-25-13-7-4-8-14-25)30(38-21-26-15-9-5-10-16-26)31(29(32(34)36)33-24(2)35)39-22-27-17-11-6-12-18-27/h1,4-18,28-31H,19-23H2,2H3,(H,33,35)/t28?,29?,30-,31+/m0/s1. The van der Waals surface area contributed by atoms with Crippen LogP contribution in [0.5, 0.6) is 0 Å². The first-order valence-electron chi connectivity index (χ1n) is 13.0. The van der Waals surface area contributed by atoms with Crippen molar-refractivity contribution in [3.05, 3.63) is 108 Å². The van der Waals surface area contributed by atoms with Crippen LogP contribution in [0.1, 0.15) is 23.6 Å². The highest BCUT2D eigenvalue weighted by Crippen LogP contribution is 2.28. The third kappa shape index (κ3) is 7.78. The molecule has 3 aromatic carbocycles. The molecule has 7 nitrogen and oxygen atoms in total. The lowest BCUT2D eigenvalue weighted by molar-refractivity contribution is -0.184. The van der Waals surface area contributed by atoms with Crippen molar-refractivity contribution in [3.63, 3.8) is 0 Å². The zero-order chi connectivity index (χ0) is 27.5. The molecule has 1 fully saturated rings. The Labute approximate surface area is 230 Å². The Hall–Kier alpha value is -3.96. The van der Waals surface area contributed by atoms with E-state index in [4.69, 9.17) is 20.6 Å². The van der Waals surface area contributed by atoms with E-state index in [0.29, 0.717) is 6.61 Å². The van der Waals surface area contributed by atoms with Crippen molar-refractivity contribution < 1.29 is 23.8 Å². The van der Waals surface area contributed by atoms with Crippen LogP contribution in [0.25, 0.3) is 0 Å². The van der Waals surface area contributed by atoms with E-state index in [1.165, 1.54) is 6.92 Å². The van der Waals surface area contributed by atoms with E-state index in [2.05, 4.69) is 11.2 Å². The number of hydrogen-bond donors (Lipinski definition) is 1. The number of ether oxygens (including phenoxy) is 3. The van der Waals surface area contributed by atoms with Gasteiger partial charge < -0.3 is 24.4 Å². The van der Waals surface area contributed by atoms with Crippen LogP contribution in [-0.4, -0.2) is 54.2 Å². The molecule has 202 valence electrons. The maximum absolute atomic E-state index is 13.8. The molecule has 39 heavy (non-hydrogen) atoms. The second-order valence-electron chi connectivity index (χ2n) is 9.44. The van der Waals surface area contributed by atoms with Gasteiger partial charge in [-0.3, -0.25) is 9.59 Å². The number of terminal acetylenes is 1. The lowest BCUT2D eigenvalue weighted by Gasteiger charge is -2.47. The summed E-state index contributed by atoms with van der Waals surface area (Å²) in [5.41, 5.74) is 2.92. The topological polar surface area (TPSA) is 77.1 Å². The molecule has 1 saturated heterocycles. The average molecular weight is 527 g/mol. The van der Waals surface area contributed by atoms with E-state index in [0.717, 1.165) is 16.7 Å². The second-order valence-corrected chi connectivity index (χ2v) is 9.44. The van der Waals surface area contributed by atoms with Gasteiger partial charge in [-0.1, -0.05) is 96.9 Å². The smallest absolute Gasteiger partial charge is 0.249 e. The van der Waals surface area contributed by atoms with Gasteiger partial charge in [0.1, 0.15) is 18.2 Å². The first kappa shape index (κ1) is 28.1. The monoisotopic (exact) mass is 526 g/mol. The predicted octanol–water partition coefficient (Wildman–Crippen LogP) is 3.72. The summed E-state index contributed by atoms with van der Waals surface area (Å²) in [7, 11) is 0. The van der Waals surface area contributed by atoms with Gasteiger partial charge in [-0.2, -0.15) is 0 Å². The molecule has 4 rings (SSSR count). The van der Waals surface area contributed by atoms with Crippen molar-refractivity contribution in [2.24, 2.45) is 0 Å². The molecule has 2 unspecified atom stereocenters. The number of carbonyl (C=O) groups excluding carboxylic acids is 2. The van der Waals surface area contributed by atoms with Crippen molar-refractivity contribution in [3.8, 4) is 12.3 Å². The van der Waals surface area contributed by atoms with E-state index >= 15 is 0 Å². The molecule has 0 saturated carbocycles. The molecule has 1 aliphatic heterocycles. The minimum atomic E-state index is -0.967. The molecule has 1 aliphatic rings. The van der Waals surface area contributed by atoms with E-state index in [1.54, 1.807) is 4.90 Å². The number of rotatable bonds is 12. The van der Waals surface area contributed by atoms with Gasteiger partial charge in [-0.25, -0.2) is 0 Å².